The third-order valence-electron chi connectivity index (χ3n) is 3.92. The number of ether oxygens (including phenoxy) is 2. The van der Waals surface area contributed by atoms with Crippen molar-refractivity contribution in [2.45, 2.75) is 38.8 Å². The maximum atomic E-state index is 5.76. The average Bonchev–Trinajstić information content (AvgIpc) is 3.23. The summed E-state index contributed by atoms with van der Waals surface area (Å²) in [6.07, 6.45) is 2.85. The molecule has 1 fully saturated rings. The number of hydrogen-bond donors (Lipinski definition) is 1. The number of rotatable bonds is 7. The largest absolute Gasteiger partial charge is 0.497 e. The van der Waals surface area contributed by atoms with Crippen molar-refractivity contribution < 1.29 is 9.47 Å². The van der Waals surface area contributed by atoms with Crippen molar-refractivity contribution in [3.05, 3.63) is 29.3 Å². The van der Waals surface area contributed by atoms with Crippen LogP contribution >= 0.6 is 0 Å². The highest BCUT2D eigenvalue weighted by molar-refractivity contribution is 5.37. The van der Waals surface area contributed by atoms with Crippen LogP contribution in [-0.2, 0) is 4.74 Å². The van der Waals surface area contributed by atoms with Crippen LogP contribution in [-0.4, -0.2) is 26.9 Å². The minimum atomic E-state index is 0.270. The van der Waals surface area contributed by atoms with Gasteiger partial charge in [0.25, 0.3) is 0 Å². The topological polar surface area (TPSA) is 30.5 Å². The zero-order valence-corrected chi connectivity index (χ0v) is 12.4. The van der Waals surface area contributed by atoms with Gasteiger partial charge in [0.05, 0.1) is 19.3 Å². The lowest BCUT2D eigenvalue weighted by atomic mass is 9.94. The van der Waals surface area contributed by atoms with E-state index >= 15 is 0 Å². The second kappa shape index (κ2) is 6.40. The van der Waals surface area contributed by atoms with Crippen molar-refractivity contribution in [3.8, 4) is 5.75 Å². The van der Waals surface area contributed by atoms with E-state index in [1.807, 2.05) is 13.2 Å². The molecule has 1 aliphatic rings. The fourth-order valence-electron chi connectivity index (χ4n) is 2.77. The molecule has 19 heavy (non-hydrogen) atoms. The fraction of sp³-hybridized carbons (Fsp3) is 0.625. The summed E-state index contributed by atoms with van der Waals surface area (Å²) in [6.45, 7) is 5.23. The predicted octanol–water partition coefficient (Wildman–Crippen LogP) is 3.08. The molecule has 0 saturated heterocycles. The molecule has 2 rings (SSSR count). The third-order valence-corrected chi connectivity index (χ3v) is 3.92. The second-order valence-electron chi connectivity index (χ2n) is 5.30. The first-order chi connectivity index (χ1) is 9.21. The third kappa shape index (κ3) is 3.28. The van der Waals surface area contributed by atoms with E-state index in [1.54, 1.807) is 7.11 Å². The highest BCUT2D eigenvalue weighted by atomic mass is 16.5. The molecule has 3 nitrogen and oxygen atoms in total. The molecule has 1 N–H and O–H groups in total. The van der Waals surface area contributed by atoms with Crippen LogP contribution in [0, 0.1) is 12.8 Å². The van der Waals surface area contributed by atoms with Crippen LogP contribution in [0.2, 0.25) is 0 Å². The molecule has 106 valence electrons. The molecule has 1 aliphatic carbocycles. The minimum Gasteiger partial charge on any atom is -0.497 e. The predicted molar refractivity (Wildman–Crippen MR) is 77.7 cm³/mol. The smallest absolute Gasteiger partial charge is 0.119 e. The molecule has 2 unspecified atom stereocenters. The van der Waals surface area contributed by atoms with E-state index in [9.17, 15) is 0 Å². The van der Waals surface area contributed by atoms with Crippen LogP contribution in [0.3, 0.4) is 0 Å². The molecular weight excluding hydrogens is 238 g/mol. The first-order valence-electron chi connectivity index (χ1n) is 7.12. The molecule has 0 amide bonds. The maximum absolute atomic E-state index is 5.76. The van der Waals surface area contributed by atoms with Crippen molar-refractivity contribution in [1.82, 2.24) is 5.32 Å². The average molecular weight is 263 g/mol. The zero-order valence-electron chi connectivity index (χ0n) is 12.4. The van der Waals surface area contributed by atoms with Gasteiger partial charge in [-0.2, -0.15) is 0 Å². The van der Waals surface area contributed by atoms with E-state index < -0.39 is 0 Å². The van der Waals surface area contributed by atoms with Gasteiger partial charge in [-0.15, -0.1) is 0 Å². The van der Waals surface area contributed by atoms with Gasteiger partial charge in [-0.25, -0.2) is 0 Å². The molecule has 2 atom stereocenters. The summed E-state index contributed by atoms with van der Waals surface area (Å²) in [5.74, 6) is 1.62. The normalized spacial score (nSPS) is 18.1. The van der Waals surface area contributed by atoms with E-state index in [-0.39, 0.29) is 12.1 Å². The Hall–Kier alpha value is -1.06. The number of methoxy groups -OCH3 is 2. The highest BCUT2D eigenvalue weighted by Gasteiger charge is 2.37. The van der Waals surface area contributed by atoms with Crippen LogP contribution in [0.5, 0.6) is 5.75 Å². The Balaban J connectivity index is 2.26. The van der Waals surface area contributed by atoms with Gasteiger partial charge in [0.2, 0.25) is 0 Å². The Morgan fingerprint density at radius 3 is 2.53 bits per heavy atom. The van der Waals surface area contributed by atoms with E-state index in [0.717, 1.165) is 12.3 Å². The minimum absolute atomic E-state index is 0.270. The van der Waals surface area contributed by atoms with E-state index in [4.69, 9.17) is 9.47 Å². The molecule has 0 aliphatic heterocycles. The first-order valence-corrected chi connectivity index (χ1v) is 7.12. The van der Waals surface area contributed by atoms with E-state index in [2.05, 4.69) is 31.3 Å². The summed E-state index contributed by atoms with van der Waals surface area (Å²) in [6, 6.07) is 6.56. The molecule has 1 aromatic rings. The number of benzene rings is 1. The summed E-state index contributed by atoms with van der Waals surface area (Å²) < 4.78 is 11.0. The Bertz CT molecular complexity index is 415. The zero-order chi connectivity index (χ0) is 13.8. The van der Waals surface area contributed by atoms with Crippen LogP contribution in [0.1, 0.15) is 36.9 Å². The highest BCUT2D eigenvalue weighted by Crippen LogP contribution is 2.40. The second-order valence-corrected chi connectivity index (χ2v) is 5.30. The summed E-state index contributed by atoms with van der Waals surface area (Å²) >= 11 is 0. The van der Waals surface area contributed by atoms with Gasteiger partial charge in [-0.3, -0.25) is 0 Å². The van der Waals surface area contributed by atoms with Crippen molar-refractivity contribution >= 4 is 0 Å². The summed E-state index contributed by atoms with van der Waals surface area (Å²) in [7, 11) is 3.53. The lowest BCUT2D eigenvalue weighted by Crippen LogP contribution is -2.35. The number of aryl methyl sites for hydroxylation is 1. The standard InChI is InChI=1S/C16H25NO2/c1-5-17-15(16(19-4)12-6-7-12)14-9-8-13(18-3)10-11(14)2/h8-10,12,15-17H,5-7H2,1-4H3. The molecule has 3 heteroatoms. The van der Waals surface area contributed by atoms with Crippen LogP contribution in [0.25, 0.3) is 0 Å². The van der Waals surface area contributed by atoms with Gasteiger partial charge in [-0.05, 0) is 55.5 Å². The first kappa shape index (κ1) is 14.4. The quantitative estimate of drug-likeness (QED) is 0.820. The van der Waals surface area contributed by atoms with Gasteiger partial charge in [0, 0.05) is 7.11 Å². The van der Waals surface area contributed by atoms with Crippen molar-refractivity contribution in [3.63, 3.8) is 0 Å². The Labute approximate surface area is 116 Å². The van der Waals surface area contributed by atoms with Gasteiger partial charge >= 0.3 is 0 Å². The van der Waals surface area contributed by atoms with Crippen LogP contribution in [0.15, 0.2) is 18.2 Å². The lowest BCUT2D eigenvalue weighted by molar-refractivity contribution is 0.0509. The number of nitrogens with one attached hydrogen (secondary N) is 1. The summed E-state index contributed by atoms with van der Waals surface area (Å²) in [4.78, 5) is 0. The van der Waals surface area contributed by atoms with Crippen molar-refractivity contribution in [1.29, 1.82) is 0 Å². The Morgan fingerprint density at radius 1 is 1.32 bits per heavy atom. The summed E-state index contributed by atoms with van der Waals surface area (Å²) in [5.41, 5.74) is 2.58. The summed E-state index contributed by atoms with van der Waals surface area (Å²) in [5, 5.41) is 3.58. The molecule has 0 bridgehead atoms. The monoisotopic (exact) mass is 263 g/mol. The maximum Gasteiger partial charge on any atom is 0.119 e. The van der Waals surface area contributed by atoms with Gasteiger partial charge in [0.15, 0.2) is 0 Å². The number of hydrogen-bond acceptors (Lipinski definition) is 3. The van der Waals surface area contributed by atoms with Gasteiger partial charge < -0.3 is 14.8 Å². The van der Waals surface area contributed by atoms with E-state index in [1.165, 1.54) is 24.0 Å². The molecule has 1 saturated carbocycles. The van der Waals surface area contributed by atoms with Crippen molar-refractivity contribution in [2.75, 3.05) is 20.8 Å². The molecule has 0 aromatic heterocycles. The molecular formula is C16H25NO2. The molecule has 0 radical (unpaired) electrons. The fourth-order valence-corrected chi connectivity index (χ4v) is 2.77. The number of likely N-dealkylation sites (N-methyl/N-ethyl adjacent to an activating group) is 1. The Kier molecular flexibility index (Phi) is 4.83. The SMILES string of the molecule is CCNC(c1ccc(OC)cc1C)C(OC)C1CC1. The van der Waals surface area contributed by atoms with Gasteiger partial charge in [-0.1, -0.05) is 13.0 Å². The van der Waals surface area contributed by atoms with Crippen molar-refractivity contribution in [2.24, 2.45) is 5.92 Å². The Morgan fingerprint density at radius 2 is 2.05 bits per heavy atom. The molecule has 0 spiro atoms. The molecule has 1 aromatic carbocycles. The van der Waals surface area contributed by atoms with E-state index in [0.29, 0.717) is 5.92 Å². The van der Waals surface area contributed by atoms with Gasteiger partial charge in [0.1, 0.15) is 5.75 Å². The van der Waals surface area contributed by atoms with Crippen LogP contribution < -0.4 is 10.1 Å². The van der Waals surface area contributed by atoms with Crippen LogP contribution in [0.4, 0.5) is 0 Å². The molecule has 0 heterocycles. The lowest BCUT2D eigenvalue weighted by Gasteiger charge is -2.28.